The van der Waals surface area contributed by atoms with E-state index in [4.69, 9.17) is 4.99 Å². The van der Waals surface area contributed by atoms with Crippen LogP contribution in [-0.2, 0) is 11.3 Å². The molecule has 0 aliphatic carbocycles. The molecule has 1 aromatic carbocycles. The molecule has 0 spiro atoms. The maximum absolute atomic E-state index is 11.5. The normalized spacial score (nSPS) is 14.7. The Labute approximate surface area is 174 Å². The van der Waals surface area contributed by atoms with E-state index in [0.29, 0.717) is 6.54 Å². The summed E-state index contributed by atoms with van der Waals surface area (Å²) in [6.07, 6.45) is 0. The minimum Gasteiger partial charge on any atom is -0.378 e. The van der Waals surface area contributed by atoms with Crippen molar-refractivity contribution in [2.24, 2.45) is 4.99 Å². The van der Waals surface area contributed by atoms with Crippen molar-refractivity contribution in [2.75, 3.05) is 51.7 Å². The highest BCUT2D eigenvalue weighted by atomic mass is 127. The fraction of sp³-hybridized carbons (Fsp3) is 0.579. The van der Waals surface area contributed by atoms with Gasteiger partial charge in [0.15, 0.2) is 5.96 Å². The quantitative estimate of drug-likeness (QED) is 0.415. The van der Waals surface area contributed by atoms with Gasteiger partial charge in [0.2, 0.25) is 5.91 Å². The van der Waals surface area contributed by atoms with Crippen LogP contribution in [0.15, 0.2) is 23.2 Å². The standard InChI is InChI=1S/C19H31N5O.HI/c1-6-20-19(24-11-9-23(10-12-24)16(3)25)21-14-17-7-8-18(22(4)5)13-15(17)2;/h7-8,13H,6,9-12,14H2,1-5H3,(H,20,21);1H. The van der Waals surface area contributed by atoms with Crippen molar-refractivity contribution < 1.29 is 4.79 Å². The Kier molecular flexibility index (Phi) is 9.18. The van der Waals surface area contributed by atoms with E-state index in [1.165, 1.54) is 16.8 Å². The Morgan fingerprint density at radius 2 is 1.81 bits per heavy atom. The van der Waals surface area contributed by atoms with Crippen LogP contribution in [-0.4, -0.2) is 68.5 Å². The number of hydrogen-bond acceptors (Lipinski definition) is 3. The van der Waals surface area contributed by atoms with Crippen molar-refractivity contribution in [3.05, 3.63) is 29.3 Å². The number of aliphatic imine (C=N–C) groups is 1. The summed E-state index contributed by atoms with van der Waals surface area (Å²) in [5, 5.41) is 3.38. The largest absolute Gasteiger partial charge is 0.378 e. The summed E-state index contributed by atoms with van der Waals surface area (Å²) in [6, 6.07) is 6.49. The number of guanidine groups is 1. The molecule has 6 nitrogen and oxygen atoms in total. The highest BCUT2D eigenvalue weighted by Crippen LogP contribution is 2.18. The van der Waals surface area contributed by atoms with Crippen molar-refractivity contribution in [1.29, 1.82) is 0 Å². The molecule has 1 fully saturated rings. The van der Waals surface area contributed by atoms with Gasteiger partial charge < -0.3 is 20.0 Å². The number of benzene rings is 1. The first-order valence-corrected chi connectivity index (χ1v) is 8.98. The highest BCUT2D eigenvalue weighted by molar-refractivity contribution is 14.0. The molecule has 0 unspecified atom stereocenters. The molecule has 1 amide bonds. The summed E-state index contributed by atoms with van der Waals surface area (Å²) in [5.74, 6) is 1.08. The summed E-state index contributed by atoms with van der Waals surface area (Å²) in [5.41, 5.74) is 3.70. The predicted octanol–water partition coefficient (Wildman–Crippen LogP) is 2.31. The van der Waals surface area contributed by atoms with Crippen LogP contribution < -0.4 is 10.2 Å². The highest BCUT2D eigenvalue weighted by Gasteiger charge is 2.20. The third kappa shape index (κ3) is 6.03. The van der Waals surface area contributed by atoms with E-state index in [1.807, 2.05) is 4.90 Å². The van der Waals surface area contributed by atoms with Crippen molar-refractivity contribution in [3.8, 4) is 0 Å². The number of carbonyl (C=O) groups is 1. The molecule has 0 saturated carbocycles. The number of nitrogens with zero attached hydrogens (tertiary/aromatic N) is 4. The minimum absolute atomic E-state index is 0. The molecule has 2 rings (SSSR count). The number of hydrogen-bond donors (Lipinski definition) is 1. The van der Waals surface area contributed by atoms with Crippen molar-refractivity contribution >= 4 is 41.5 Å². The van der Waals surface area contributed by atoms with Crippen LogP contribution >= 0.6 is 24.0 Å². The van der Waals surface area contributed by atoms with Crippen LogP contribution in [0.4, 0.5) is 5.69 Å². The SMILES string of the molecule is CCNC(=NCc1ccc(N(C)C)cc1C)N1CCN(C(C)=O)CC1.I. The third-order valence-corrected chi connectivity index (χ3v) is 4.60. The smallest absolute Gasteiger partial charge is 0.219 e. The second-order valence-corrected chi connectivity index (χ2v) is 6.67. The first-order chi connectivity index (χ1) is 11.9. The molecule has 0 atom stereocenters. The zero-order valence-electron chi connectivity index (χ0n) is 16.6. The summed E-state index contributed by atoms with van der Waals surface area (Å²) in [4.78, 5) is 22.6. The molecule has 0 bridgehead atoms. The Balaban J connectivity index is 0.00000338. The van der Waals surface area contributed by atoms with E-state index in [0.717, 1.165) is 38.7 Å². The van der Waals surface area contributed by atoms with E-state index in [2.05, 4.69) is 61.3 Å². The second-order valence-electron chi connectivity index (χ2n) is 6.67. The van der Waals surface area contributed by atoms with Gasteiger partial charge in [-0.1, -0.05) is 6.07 Å². The van der Waals surface area contributed by atoms with Crippen LogP contribution in [0.1, 0.15) is 25.0 Å². The van der Waals surface area contributed by atoms with Gasteiger partial charge >= 0.3 is 0 Å². The molecule has 146 valence electrons. The van der Waals surface area contributed by atoms with Crippen LogP contribution in [0.2, 0.25) is 0 Å². The van der Waals surface area contributed by atoms with Crippen molar-refractivity contribution in [3.63, 3.8) is 0 Å². The average molecular weight is 473 g/mol. The van der Waals surface area contributed by atoms with Crippen LogP contribution in [0.25, 0.3) is 0 Å². The summed E-state index contributed by atoms with van der Waals surface area (Å²) in [7, 11) is 4.10. The van der Waals surface area contributed by atoms with Crippen molar-refractivity contribution in [2.45, 2.75) is 27.3 Å². The molecule has 1 saturated heterocycles. The topological polar surface area (TPSA) is 51.2 Å². The molecule has 1 aliphatic heterocycles. The summed E-state index contributed by atoms with van der Waals surface area (Å²) in [6.45, 7) is 10.5. The predicted molar refractivity (Wildman–Crippen MR) is 120 cm³/mol. The van der Waals surface area contributed by atoms with Gasteiger partial charge in [-0.15, -0.1) is 24.0 Å². The first kappa shape index (κ1) is 22.5. The molecule has 1 aromatic rings. The fourth-order valence-electron chi connectivity index (χ4n) is 2.95. The van der Waals surface area contributed by atoms with Gasteiger partial charge in [-0.2, -0.15) is 0 Å². The van der Waals surface area contributed by atoms with Gasteiger partial charge in [-0.25, -0.2) is 4.99 Å². The van der Waals surface area contributed by atoms with Gasteiger partial charge in [-0.05, 0) is 37.1 Å². The first-order valence-electron chi connectivity index (χ1n) is 8.98. The number of rotatable bonds is 4. The van der Waals surface area contributed by atoms with Crippen molar-refractivity contribution in [1.82, 2.24) is 15.1 Å². The van der Waals surface area contributed by atoms with E-state index in [-0.39, 0.29) is 29.9 Å². The average Bonchev–Trinajstić information content (AvgIpc) is 2.59. The lowest BCUT2D eigenvalue weighted by atomic mass is 10.1. The monoisotopic (exact) mass is 473 g/mol. The van der Waals surface area contributed by atoms with E-state index < -0.39 is 0 Å². The van der Waals surface area contributed by atoms with E-state index in [1.54, 1.807) is 6.92 Å². The minimum atomic E-state index is 0. The molecule has 1 aliphatic rings. The molecule has 7 heteroatoms. The number of aryl methyl sites for hydroxylation is 1. The second kappa shape index (κ2) is 10.6. The zero-order chi connectivity index (χ0) is 18.4. The Morgan fingerprint density at radius 3 is 2.31 bits per heavy atom. The maximum Gasteiger partial charge on any atom is 0.219 e. The lowest BCUT2D eigenvalue weighted by Gasteiger charge is -2.36. The number of halogens is 1. The fourth-order valence-corrected chi connectivity index (χ4v) is 2.95. The van der Waals surface area contributed by atoms with Crippen LogP contribution in [0.5, 0.6) is 0 Å². The summed E-state index contributed by atoms with van der Waals surface area (Å²) < 4.78 is 0. The maximum atomic E-state index is 11.5. The molecular weight excluding hydrogens is 441 g/mol. The van der Waals surface area contributed by atoms with Crippen LogP contribution in [0, 0.1) is 6.92 Å². The molecule has 1 heterocycles. The summed E-state index contributed by atoms with van der Waals surface area (Å²) >= 11 is 0. The molecular formula is C19H32IN5O. The molecule has 1 N–H and O–H groups in total. The Hall–Kier alpha value is -1.51. The third-order valence-electron chi connectivity index (χ3n) is 4.60. The molecule has 26 heavy (non-hydrogen) atoms. The van der Waals surface area contributed by atoms with E-state index >= 15 is 0 Å². The number of piperazine rings is 1. The van der Waals surface area contributed by atoms with Gasteiger partial charge in [0.05, 0.1) is 6.54 Å². The number of anilines is 1. The lowest BCUT2D eigenvalue weighted by molar-refractivity contribution is -0.130. The van der Waals surface area contributed by atoms with Crippen LogP contribution in [0.3, 0.4) is 0 Å². The van der Waals surface area contributed by atoms with Gasteiger partial charge in [-0.3, -0.25) is 4.79 Å². The zero-order valence-corrected chi connectivity index (χ0v) is 18.9. The lowest BCUT2D eigenvalue weighted by Crippen LogP contribution is -2.53. The molecule has 0 aromatic heterocycles. The van der Waals surface area contributed by atoms with E-state index in [9.17, 15) is 4.79 Å². The van der Waals surface area contributed by atoms with Gasteiger partial charge in [0, 0.05) is 59.4 Å². The van der Waals surface area contributed by atoms with Gasteiger partial charge in [0.25, 0.3) is 0 Å². The van der Waals surface area contributed by atoms with Gasteiger partial charge in [0.1, 0.15) is 0 Å². The Bertz CT molecular complexity index is 624. The number of amides is 1. The Morgan fingerprint density at radius 1 is 1.19 bits per heavy atom. The number of carbonyl (C=O) groups excluding carboxylic acids is 1. The molecule has 0 radical (unpaired) electrons. The number of nitrogens with one attached hydrogen (secondary N) is 1.